The van der Waals surface area contributed by atoms with Gasteiger partial charge in [-0.1, -0.05) is 79.7 Å². The Labute approximate surface area is 165 Å². The molecule has 0 amide bonds. The van der Waals surface area contributed by atoms with Crippen LogP contribution in [-0.4, -0.2) is 6.08 Å². The van der Waals surface area contributed by atoms with Gasteiger partial charge in [0.2, 0.25) is 6.08 Å². The topological polar surface area (TPSA) is 62.4 Å². The van der Waals surface area contributed by atoms with Gasteiger partial charge < -0.3 is 4.74 Å². The molecule has 4 heteroatoms. The molecule has 27 heavy (non-hydrogen) atoms. The van der Waals surface area contributed by atoms with Crippen LogP contribution in [0.15, 0.2) is 53.5 Å². The van der Waals surface area contributed by atoms with E-state index in [0.29, 0.717) is 11.4 Å². The number of nitrogens with zero attached hydrogens (tertiary/aromatic N) is 2. The van der Waals surface area contributed by atoms with Crippen LogP contribution in [0.4, 0.5) is 5.69 Å². The summed E-state index contributed by atoms with van der Waals surface area (Å²) >= 11 is 0. The zero-order chi connectivity index (χ0) is 21.5. The lowest BCUT2D eigenvalue weighted by molar-refractivity contribution is 0.507. The first-order valence-corrected chi connectivity index (χ1v) is 9.63. The van der Waals surface area contributed by atoms with Gasteiger partial charge in [0.1, 0.15) is 5.75 Å². The maximum absolute atomic E-state index is 10.1. The smallest absolute Gasteiger partial charge is 0.292 e. The molecule has 4 nitrogen and oxygen atoms in total. The highest BCUT2D eigenvalue weighted by Gasteiger charge is 1.98. The Morgan fingerprint density at radius 2 is 1.19 bits per heavy atom. The van der Waals surface area contributed by atoms with Crippen LogP contribution in [0.1, 0.15) is 66.5 Å². The van der Waals surface area contributed by atoms with E-state index in [1.165, 1.54) is 6.08 Å². The molecule has 0 atom stereocenters. The summed E-state index contributed by atoms with van der Waals surface area (Å²) in [4.78, 5) is 13.6. The van der Waals surface area contributed by atoms with Gasteiger partial charge in [-0.2, -0.15) is 4.99 Å². The molecule has 148 valence electrons. The number of hydrogen-bond donors (Lipinski definition) is 0. The van der Waals surface area contributed by atoms with E-state index in [0.717, 1.165) is 17.5 Å². The van der Waals surface area contributed by atoms with Crippen molar-refractivity contribution in [3.63, 3.8) is 0 Å². The highest BCUT2D eigenvalue weighted by molar-refractivity contribution is 5.49. The van der Waals surface area contributed by atoms with Gasteiger partial charge in [0, 0.05) is 0 Å². The molecule has 2 aromatic carbocycles. The molecule has 0 N–H and O–H groups in total. The van der Waals surface area contributed by atoms with E-state index < -0.39 is 0 Å². The molecule has 0 aliphatic rings. The number of isocyanates is 1. The molecule has 0 saturated carbocycles. The molecule has 0 bridgehead atoms. The second-order valence-electron chi connectivity index (χ2n) is 3.88. The van der Waals surface area contributed by atoms with Crippen LogP contribution in [0.25, 0.3) is 0 Å². The van der Waals surface area contributed by atoms with E-state index in [2.05, 4.69) is 4.99 Å². The predicted octanol–water partition coefficient (Wildman–Crippen LogP) is 7.21. The largest absolute Gasteiger partial charge is 0.388 e. The summed E-state index contributed by atoms with van der Waals surface area (Å²) in [5.74, 6) is 0.530. The Morgan fingerprint density at radius 1 is 0.778 bits per heavy atom. The van der Waals surface area contributed by atoms with Crippen molar-refractivity contribution in [1.82, 2.24) is 0 Å². The first-order chi connectivity index (χ1) is 13.3. The zero-order valence-corrected chi connectivity index (χ0v) is 18.0. The quantitative estimate of drug-likeness (QED) is 0.324. The number of carbonyl (C=O) groups excluding carboxylic acids is 1. The third-order valence-corrected chi connectivity index (χ3v) is 2.61. The number of hydrogen-bond acceptors (Lipinski definition) is 4. The average molecular weight is 371 g/mol. The van der Waals surface area contributed by atoms with E-state index in [4.69, 9.17) is 10.00 Å². The Hall–Kier alpha value is -2.89. The lowest BCUT2D eigenvalue weighted by Crippen LogP contribution is -1.88. The average Bonchev–Trinajstić information content (AvgIpc) is 2.77. The van der Waals surface area contributed by atoms with Gasteiger partial charge in [-0.3, -0.25) is 0 Å². The van der Waals surface area contributed by atoms with Crippen LogP contribution < -0.4 is 4.74 Å². The molecular formula is C23H34N2O2. The standard InChI is InChI=1S/C15H10N2O2.4C2H6/c16-10-19-15-7-3-13(4-8-15)9-12-1-5-14(6-2-12)17-11-18;4*1-2/h1-8H,9H2;4*1-2H3. The van der Waals surface area contributed by atoms with Gasteiger partial charge in [-0.25, -0.2) is 4.79 Å². The number of aliphatic imine (C=N–C) groups is 1. The minimum atomic E-state index is 0.530. The molecule has 0 aliphatic heterocycles. The number of rotatable bonds is 4. The molecule has 0 aliphatic carbocycles. The molecular weight excluding hydrogens is 336 g/mol. The lowest BCUT2D eigenvalue weighted by Gasteiger charge is -2.03. The first kappa shape index (κ1) is 28.9. The summed E-state index contributed by atoms with van der Waals surface area (Å²) in [6, 6.07) is 14.7. The fourth-order valence-corrected chi connectivity index (χ4v) is 1.70. The van der Waals surface area contributed by atoms with Crippen molar-refractivity contribution < 1.29 is 9.53 Å². The Balaban J connectivity index is -0.000000638. The molecule has 0 saturated heterocycles. The summed E-state index contributed by atoms with van der Waals surface area (Å²) < 4.78 is 4.71. The number of nitriles is 1. The van der Waals surface area contributed by atoms with E-state index in [1.54, 1.807) is 30.5 Å². The van der Waals surface area contributed by atoms with Crippen molar-refractivity contribution in [3.8, 4) is 12.0 Å². The zero-order valence-electron chi connectivity index (χ0n) is 18.0. The van der Waals surface area contributed by atoms with Gasteiger partial charge in [0.05, 0.1) is 5.69 Å². The van der Waals surface area contributed by atoms with Crippen LogP contribution in [-0.2, 0) is 11.2 Å². The molecule has 2 rings (SSSR count). The summed E-state index contributed by atoms with van der Waals surface area (Å²) in [5.41, 5.74) is 2.81. The lowest BCUT2D eigenvalue weighted by atomic mass is 10.0. The maximum atomic E-state index is 10.1. The molecule has 0 unspecified atom stereocenters. The maximum Gasteiger partial charge on any atom is 0.292 e. The van der Waals surface area contributed by atoms with E-state index in [-0.39, 0.29) is 0 Å². The van der Waals surface area contributed by atoms with E-state index in [9.17, 15) is 4.79 Å². The number of benzene rings is 2. The summed E-state index contributed by atoms with van der Waals surface area (Å²) in [7, 11) is 0. The van der Waals surface area contributed by atoms with Crippen molar-refractivity contribution in [2.45, 2.75) is 61.8 Å². The fraction of sp³-hybridized carbons (Fsp3) is 0.391. The van der Waals surface area contributed by atoms with Crippen molar-refractivity contribution in [2.75, 3.05) is 0 Å². The van der Waals surface area contributed by atoms with Crippen molar-refractivity contribution >= 4 is 11.8 Å². The number of ether oxygens (including phenoxy) is 1. The van der Waals surface area contributed by atoms with Gasteiger partial charge in [-0.15, -0.1) is 5.26 Å². The molecule has 0 radical (unpaired) electrons. The summed E-state index contributed by atoms with van der Waals surface area (Å²) in [6.07, 6.45) is 3.90. The fourth-order valence-electron chi connectivity index (χ4n) is 1.70. The summed E-state index contributed by atoms with van der Waals surface area (Å²) in [6.45, 7) is 16.0. The van der Waals surface area contributed by atoms with Gasteiger partial charge in [0.15, 0.2) is 0 Å². The van der Waals surface area contributed by atoms with Gasteiger partial charge >= 0.3 is 0 Å². The van der Waals surface area contributed by atoms with Crippen LogP contribution in [0.5, 0.6) is 5.75 Å². The first-order valence-electron chi connectivity index (χ1n) is 9.63. The van der Waals surface area contributed by atoms with Crippen molar-refractivity contribution in [3.05, 3.63) is 59.7 Å². The van der Waals surface area contributed by atoms with Crippen LogP contribution in [0.3, 0.4) is 0 Å². The van der Waals surface area contributed by atoms with Crippen LogP contribution in [0.2, 0.25) is 0 Å². The SMILES string of the molecule is CC.CC.CC.CC.N#COc1ccc(Cc2ccc(N=C=O)cc2)cc1. The normalized spacial score (nSPS) is 7.37. The minimum Gasteiger partial charge on any atom is -0.388 e. The third-order valence-electron chi connectivity index (χ3n) is 2.61. The van der Waals surface area contributed by atoms with E-state index in [1.807, 2.05) is 79.7 Å². The Morgan fingerprint density at radius 3 is 1.56 bits per heavy atom. The highest BCUT2D eigenvalue weighted by Crippen LogP contribution is 2.17. The second kappa shape index (κ2) is 23.1. The molecule has 0 spiro atoms. The molecule has 0 aromatic heterocycles. The molecule has 0 fully saturated rings. The van der Waals surface area contributed by atoms with E-state index >= 15 is 0 Å². The molecule has 0 heterocycles. The minimum absolute atomic E-state index is 0.530. The second-order valence-corrected chi connectivity index (χ2v) is 3.88. The Kier molecular flexibility index (Phi) is 24.7. The Bertz CT molecular complexity index is 636. The van der Waals surface area contributed by atoms with Gasteiger partial charge in [-0.05, 0) is 41.8 Å². The highest BCUT2D eigenvalue weighted by atomic mass is 16.5. The summed E-state index contributed by atoms with van der Waals surface area (Å²) in [5, 5.41) is 8.39. The van der Waals surface area contributed by atoms with Crippen molar-refractivity contribution in [2.24, 2.45) is 4.99 Å². The predicted molar refractivity (Wildman–Crippen MR) is 115 cm³/mol. The third kappa shape index (κ3) is 14.0. The van der Waals surface area contributed by atoms with Crippen LogP contribution in [0, 0.1) is 11.5 Å². The molecule has 2 aromatic rings. The monoisotopic (exact) mass is 370 g/mol. The van der Waals surface area contributed by atoms with Gasteiger partial charge in [0.25, 0.3) is 6.26 Å². The van der Waals surface area contributed by atoms with Crippen molar-refractivity contribution in [1.29, 1.82) is 5.26 Å². The van der Waals surface area contributed by atoms with Crippen LogP contribution >= 0.6 is 0 Å².